The molecular formula is C24H23ClN2O5. The van der Waals surface area contributed by atoms with E-state index in [2.05, 4.69) is 5.16 Å². The Labute approximate surface area is 191 Å². The molecule has 0 spiro atoms. The Morgan fingerprint density at radius 3 is 2.41 bits per heavy atom. The molecule has 0 radical (unpaired) electrons. The van der Waals surface area contributed by atoms with Gasteiger partial charge in [-0.25, -0.2) is 0 Å². The standard InChI is InChI=1S/C24H23ClN2O5/c1-29-20-12-15(13-21(30-2)24(20)31-3)4-9-22(28)27-11-10-18-19(14-27)26-32-23(18)16-5-7-17(25)8-6-16/h4-9,12-13H,10-11,14H2,1-3H3/b9-4+. The molecule has 0 fully saturated rings. The van der Waals surface area contributed by atoms with Crippen LogP contribution >= 0.6 is 11.6 Å². The van der Waals surface area contributed by atoms with Crippen LogP contribution in [0.5, 0.6) is 17.2 Å². The third kappa shape index (κ3) is 4.29. The van der Waals surface area contributed by atoms with Gasteiger partial charge in [-0.2, -0.15) is 0 Å². The molecule has 0 aliphatic carbocycles. The molecule has 1 aromatic heterocycles. The van der Waals surface area contributed by atoms with E-state index in [-0.39, 0.29) is 5.91 Å². The van der Waals surface area contributed by atoms with Crippen LogP contribution < -0.4 is 14.2 Å². The molecule has 1 amide bonds. The Balaban J connectivity index is 1.49. The van der Waals surface area contributed by atoms with E-state index < -0.39 is 0 Å². The average Bonchev–Trinajstić information content (AvgIpc) is 3.25. The number of halogens is 1. The third-order valence-electron chi connectivity index (χ3n) is 5.37. The number of benzene rings is 2. The summed E-state index contributed by atoms with van der Waals surface area (Å²) in [5.41, 5.74) is 3.49. The van der Waals surface area contributed by atoms with Crippen LogP contribution in [0.3, 0.4) is 0 Å². The number of methoxy groups -OCH3 is 3. The molecular weight excluding hydrogens is 432 g/mol. The molecule has 0 N–H and O–H groups in total. The van der Waals surface area contributed by atoms with Crippen molar-refractivity contribution in [3.8, 4) is 28.6 Å². The maximum Gasteiger partial charge on any atom is 0.246 e. The molecule has 0 bridgehead atoms. The summed E-state index contributed by atoms with van der Waals surface area (Å²) < 4.78 is 21.7. The Morgan fingerprint density at radius 1 is 1.09 bits per heavy atom. The van der Waals surface area contributed by atoms with Gasteiger partial charge in [-0.05, 0) is 54.5 Å². The normalized spacial score (nSPS) is 13.2. The predicted octanol–water partition coefficient (Wildman–Crippen LogP) is 4.62. The number of hydrogen-bond acceptors (Lipinski definition) is 6. The van der Waals surface area contributed by atoms with Gasteiger partial charge < -0.3 is 23.6 Å². The first-order valence-corrected chi connectivity index (χ1v) is 10.4. The first kappa shape index (κ1) is 21.8. The molecule has 8 heteroatoms. The lowest BCUT2D eigenvalue weighted by Gasteiger charge is -2.24. The number of carbonyl (C=O) groups excluding carboxylic acids is 1. The molecule has 1 aliphatic rings. The van der Waals surface area contributed by atoms with Crippen LogP contribution in [-0.4, -0.2) is 43.8 Å². The van der Waals surface area contributed by atoms with Gasteiger partial charge in [0.2, 0.25) is 11.7 Å². The SMILES string of the molecule is COc1cc(/C=C/C(=O)N2CCc3c(noc3-c3ccc(Cl)cc3)C2)cc(OC)c1OC. The number of ether oxygens (including phenoxy) is 3. The highest BCUT2D eigenvalue weighted by Gasteiger charge is 2.26. The first-order valence-electron chi connectivity index (χ1n) is 10.0. The van der Waals surface area contributed by atoms with Crippen molar-refractivity contribution in [2.45, 2.75) is 13.0 Å². The number of fused-ring (bicyclic) bond motifs is 1. The van der Waals surface area contributed by atoms with Gasteiger partial charge in [0.05, 0.1) is 27.9 Å². The van der Waals surface area contributed by atoms with Crippen LogP contribution in [0.25, 0.3) is 17.4 Å². The molecule has 0 atom stereocenters. The van der Waals surface area contributed by atoms with Crippen LogP contribution in [-0.2, 0) is 17.8 Å². The second kappa shape index (κ2) is 9.36. The first-order chi connectivity index (χ1) is 15.5. The third-order valence-corrected chi connectivity index (χ3v) is 5.62. The molecule has 0 saturated carbocycles. The fourth-order valence-corrected chi connectivity index (χ4v) is 3.84. The second-order valence-corrected chi connectivity index (χ2v) is 7.68. The van der Waals surface area contributed by atoms with E-state index in [0.29, 0.717) is 41.8 Å². The number of carbonyl (C=O) groups is 1. The van der Waals surface area contributed by atoms with Crippen molar-refractivity contribution in [2.75, 3.05) is 27.9 Å². The van der Waals surface area contributed by atoms with Crippen LogP contribution in [0.1, 0.15) is 16.8 Å². The van der Waals surface area contributed by atoms with E-state index in [0.717, 1.165) is 28.1 Å². The fourth-order valence-electron chi connectivity index (χ4n) is 3.72. The molecule has 3 aromatic rings. The van der Waals surface area contributed by atoms with Gasteiger partial charge in [0, 0.05) is 28.8 Å². The van der Waals surface area contributed by atoms with Crippen LogP contribution in [0, 0.1) is 0 Å². The molecule has 0 unspecified atom stereocenters. The summed E-state index contributed by atoms with van der Waals surface area (Å²) in [4.78, 5) is 14.5. The maximum absolute atomic E-state index is 12.8. The number of rotatable bonds is 6. The van der Waals surface area contributed by atoms with Crippen molar-refractivity contribution in [3.63, 3.8) is 0 Å². The summed E-state index contributed by atoms with van der Waals surface area (Å²) in [6.45, 7) is 0.970. The summed E-state index contributed by atoms with van der Waals surface area (Å²) in [6, 6.07) is 11.0. The summed E-state index contributed by atoms with van der Waals surface area (Å²) >= 11 is 5.98. The van der Waals surface area contributed by atoms with Gasteiger partial charge in [-0.15, -0.1) is 0 Å². The van der Waals surface area contributed by atoms with Crippen molar-refractivity contribution in [1.82, 2.24) is 10.1 Å². The van der Waals surface area contributed by atoms with Crippen molar-refractivity contribution in [1.29, 1.82) is 0 Å². The lowest BCUT2D eigenvalue weighted by atomic mass is 10.0. The van der Waals surface area contributed by atoms with Gasteiger partial charge in [0.25, 0.3) is 0 Å². The van der Waals surface area contributed by atoms with Gasteiger partial charge in [0.15, 0.2) is 17.3 Å². The number of aromatic nitrogens is 1. The highest BCUT2D eigenvalue weighted by atomic mass is 35.5. The van der Waals surface area contributed by atoms with Gasteiger partial charge in [-0.3, -0.25) is 4.79 Å². The quantitative estimate of drug-likeness (QED) is 0.506. The van der Waals surface area contributed by atoms with Crippen LogP contribution in [0.15, 0.2) is 47.0 Å². The molecule has 2 heterocycles. The highest BCUT2D eigenvalue weighted by molar-refractivity contribution is 6.30. The monoisotopic (exact) mass is 454 g/mol. The number of nitrogens with zero attached hydrogens (tertiary/aromatic N) is 2. The number of amides is 1. The topological polar surface area (TPSA) is 74.0 Å². The number of hydrogen-bond donors (Lipinski definition) is 0. The molecule has 2 aromatic carbocycles. The molecule has 32 heavy (non-hydrogen) atoms. The zero-order chi connectivity index (χ0) is 22.7. The molecule has 166 valence electrons. The summed E-state index contributed by atoms with van der Waals surface area (Å²) in [5.74, 6) is 2.18. The molecule has 0 saturated heterocycles. The van der Waals surface area contributed by atoms with Crippen molar-refractivity contribution >= 4 is 23.6 Å². The van der Waals surface area contributed by atoms with Gasteiger partial charge in [-0.1, -0.05) is 16.8 Å². The summed E-state index contributed by atoms with van der Waals surface area (Å²) in [7, 11) is 4.65. The smallest absolute Gasteiger partial charge is 0.246 e. The minimum atomic E-state index is -0.111. The van der Waals surface area contributed by atoms with Crippen LogP contribution in [0.4, 0.5) is 0 Å². The second-order valence-electron chi connectivity index (χ2n) is 7.25. The molecule has 4 rings (SSSR count). The Hall–Kier alpha value is -3.45. The minimum Gasteiger partial charge on any atom is -0.493 e. The van der Waals surface area contributed by atoms with Crippen molar-refractivity contribution < 1.29 is 23.5 Å². The van der Waals surface area contributed by atoms with Crippen molar-refractivity contribution in [3.05, 3.63) is 64.3 Å². The zero-order valence-electron chi connectivity index (χ0n) is 18.1. The van der Waals surface area contributed by atoms with E-state index >= 15 is 0 Å². The highest BCUT2D eigenvalue weighted by Crippen LogP contribution is 2.38. The molecule has 1 aliphatic heterocycles. The van der Waals surface area contributed by atoms with E-state index in [1.165, 1.54) is 6.08 Å². The lowest BCUT2D eigenvalue weighted by molar-refractivity contribution is -0.126. The van der Waals surface area contributed by atoms with E-state index in [4.69, 9.17) is 30.3 Å². The van der Waals surface area contributed by atoms with Gasteiger partial charge in [0.1, 0.15) is 5.69 Å². The molecule has 7 nitrogen and oxygen atoms in total. The largest absolute Gasteiger partial charge is 0.493 e. The fraction of sp³-hybridized carbons (Fsp3) is 0.250. The Morgan fingerprint density at radius 2 is 1.78 bits per heavy atom. The minimum absolute atomic E-state index is 0.111. The van der Waals surface area contributed by atoms with Gasteiger partial charge >= 0.3 is 0 Å². The van der Waals surface area contributed by atoms with E-state index in [1.54, 1.807) is 44.4 Å². The van der Waals surface area contributed by atoms with Crippen LogP contribution in [0.2, 0.25) is 5.02 Å². The van der Waals surface area contributed by atoms with E-state index in [1.807, 2.05) is 24.3 Å². The predicted molar refractivity (Wildman–Crippen MR) is 121 cm³/mol. The van der Waals surface area contributed by atoms with Crippen molar-refractivity contribution in [2.24, 2.45) is 0 Å². The average molecular weight is 455 g/mol. The Kier molecular flexibility index (Phi) is 6.37. The zero-order valence-corrected chi connectivity index (χ0v) is 18.8. The summed E-state index contributed by atoms with van der Waals surface area (Å²) in [6.07, 6.45) is 3.93. The lowest BCUT2D eigenvalue weighted by Crippen LogP contribution is -2.34. The Bertz CT molecular complexity index is 1130. The maximum atomic E-state index is 12.8. The van der Waals surface area contributed by atoms with E-state index in [9.17, 15) is 4.79 Å². The summed E-state index contributed by atoms with van der Waals surface area (Å²) in [5, 5.41) is 4.86.